The molecule has 1 aromatic carbocycles. The average molecular weight is 268 g/mol. The maximum absolute atomic E-state index is 4.16. The van der Waals surface area contributed by atoms with Crippen molar-refractivity contribution in [3.8, 4) is 0 Å². The first-order chi connectivity index (χ1) is 9.90. The van der Waals surface area contributed by atoms with Crippen molar-refractivity contribution in [1.82, 2.24) is 20.2 Å². The Kier molecular flexibility index (Phi) is 3.05. The van der Waals surface area contributed by atoms with E-state index in [1.54, 1.807) is 6.33 Å². The fraction of sp³-hybridized carbons (Fsp3) is 0.438. The summed E-state index contributed by atoms with van der Waals surface area (Å²) < 4.78 is 0. The molecule has 2 saturated heterocycles. The third kappa shape index (κ3) is 2.15. The van der Waals surface area contributed by atoms with Crippen molar-refractivity contribution in [2.75, 3.05) is 19.6 Å². The molecule has 0 saturated carbocycles. The zero-order valence-corrected chi connectivity index (χ0v) is 11.5. The van der Waals surface area contributed by atoms with Crippen LogP contribution in [0.2, 0.25) is 0 Å². The number of nitrogens with one attached hydrogen (secondary N) is 2. The number of rotatable bonds is 3. The SMILES string of the molecule is c1ccc(CN2CC3CNC(c4cnc[nH]4)C3C2)cc1. The lowest BCUT2D eigenvalue weighted by Gasteiger charge is -2.20. The zero-order valence-electron chi connectivity index (χ0n) is 11.5. The molecule has 4 nitrogen and oxygen atoms in total. The van der Waals surface area contributed by atoms with Gasteiger partial charge in [0.2, 0.25) is 0 Å². The zero-order chi connectivity index (χ0) is 13.4. The highest BCUT2D eigenvalue weighted by molar-refractivity contribution is 5.16. The summed E-state index contributed by atoms with van der Waals surface area (Å²) in [6.45, 7) is 4.58. The minimum absolute atomic E-state index is 0.447. The van der Waals surface area contributed by atoms with Crippen LogP contribution in [0.1, 0.15) is 17.3 Å². The van der Waals surface area contributed by atoms with Crippen LogP contribution in [0.3, 0.4) is 0 Å². The fourth-order valence-electron chi connectivity index (χ4n) is 3.76. The van der Waals surface area contributed by atoms with Gasteiger partial charge in [-0.2, -0.15) is 0 Å². The smallest absolute Gasteiger partial charge is 0.0922 e. The highest BCUT2D eigenvalue weighted by Crippen LogP contribution is 2.38. The fourth-order valence-corrected chi connectivity index (χ4v) is 3.76. The molecule has 104 valence electrons. The van der Waals surface area contributed by atoms with Crippen LogP contribution in [0.25, 0.3) is 0 Å². The maximum atomic E-state index is 4.16. The van der Waals surface area contributed by atoms with E-state index in [1.807, 2.05) is 6.20 Å². The molecule has 0 bridgehead atoms. The Morgan fingerprint density at radius 3 is 2.90 bits per heavy atom. The van der Waals surface area contributed by atoms with Gasteiger partial charge in [-0.15, -0.1) is 0 Å². The first kappa shape index (κ1) is 12.1. The second-order valence-corrected chi connectivity index (χ2v) is 6.00. The number of fused-ring (bicyclic) bond motifs is 1. The van der Waals surface area contributed by atoms with Crippen LogP contribution in [0.15, 0.2) is 42.9 Å². The molecule has 4 rings (SSSR count). The van der Waals surface area contributed by atoms with Crippen molar-refractivity contribution in [3.63, 3.8) is 0 Å². The lowest BCUT2D eigenvalue weighted by atomic mass is 9.93. The van der Waals surface area contributed by atoms with Gasteiger partial charge in [0.1, 0.15) is 0 Å². The summed E-state index contributed by atoms with van der Waals surface area (Å²) in [6.07, 6.45) is 3.74. The largest absolute Gasteiger partial charge is 0.347 e. The lowest BCUT2D eigenvalue weighted by Crippen LogP contribution is -2.27. The summed E-state index contributed by atoms with van der Waals surface area (Å²) in [5.74, 6) is 1.48. The molecule has 0 amide bonds. The van der Waals surface area contributed by atoms with Crippen LogP contribution in [0, 0.1) is 11.8 Å². The molecule has 20 heavy (non-hydrogen) atoms. The summed E-state index contributed by atoms with van der Waals surface area (Å²) in [6, 6.07) is 11.2. The van der Waals surface area contributed by atoms with Crippen LogP contribution >= 0.6 is 0 Å². The van der Waals surface area contributed by atoms with E-state index in [9.17, 15) is 0 Å². The summed E-state index contributed by atoms with van der Waals surface area (Å²) in [5, 5.41) is 3.65. The molecular weight excluding hydrogens is 248 g/mol. The van der Waals surface area contributed by atoms with E-state index >= 15 is 0 Å². The molecule has 3 unspecified atom stereocenters. The van der Waals surface area contributed by atoms with Crippen LogP contribution < -0.4 is 5.32 Å². The normalized spacial score (nSPS) is 29.7. The van der Waals surface area contributed by atoms with Gasteiger partial charge >= 0.3 is 0 Å². The first-order valence-corrected chi connectivity index (χ1v) is 7.38. The van der Waals surface area contributed by atoms with Crippen molar-refractivity contribution in [2.45, 2.75) is 12.6 Å². The van der Waals surface area contributed by atoms with Gasteiger partial charge in [-0.05, 0) is 17.4 Å². The molecule has 2 aliphatic heterocycles. The standard InChI is InChI=1S/C16H20N4/c1-2-4-12(5-3-1)8-20-9-13-6-18-16(14(13)10-20)15-7-17-11-19-15/h1-5,7,11,13-14,16,18H,6,8-10H2,(H,17,19). The van der Waals surface area contributed by atoms with Gasteiger partial charge in [0.15, 0.2) is 0 Å². The van der Waals surface area contributed by atoms with Crippen LogP contribution in [-0.4, -0.2) is 34.5 Å². The minimum atomic E-state index is 0.447. The minimum Gasteiger partial charge on any atom is -0.347 e. The molecule has 0 aliphatic carbocycles. The average Bonchev–Trinajstić information content (AvgIpc) is 3.15. The Labute approximate surface area is 119 Å². The van der Waals surface area contributed by atoms with Gasteiger partial charge in [-0.25, -0.2) is 4.98 Å². The third-order valence-electron chi connectivity index (χ3n) is 4.70. The topological polar surface area (TPSA) is 44.0 Å². The molecule has 2 aromatic rings. The molecule has 3 heterocycles. The Balaban J connectivity index is 1.45. The number of aromatic amines is 1. The number of benzene rings is 1. The summed E-state index contributed by atoms with van der Waals surface area (Å²) in [7, 11) is 0. The van der Waals surface area contributed by atoms with Crippen molar-refractivity contribution in [1.29, 1.82) is 0 Å². The first-order valence-electron chi connectivity index (χ1n) is 7.38. The van der Waals surface area contributed by atoms with E-state index in [1.165, 1.54) is 24.3 Å². The quantitative estimate of drug-likeness (QED) is 0.892. The second-order valence-electron chi connectivity index (χ2n) is 6.00. The summed E-state index contributed by atoms with van der Waals surface area (Å²) in [4.78, 5) is 10.0. The van der Waals surface area contributed by atoms with Crippen LogP contribution in [0.5, 0.6) is 0 Å². The van der Waals surface area contributed by atoms with Crippen molar-refractivity contribution in [3.05, 3.63) is 54.1 Å². The van der Waals surface area contributed by atoms with Crippen LogP contribution in [0.4, 0.5) is 0 Å². The molecule has 2 aliphatic rings. The number of hydrogen-bond donors (Lipinski definition) is 2. The molecule has 3 atom stereocenters. The number of hydrogen-bond acceptors (Lipinski definition) is 3. The van der Waals surface area contributed by atoms with E-state index < -0.39 is 0 Å². The van der Waals surface area contributed by atoms with Gasteiger partial charge in [-0.1, -0.05) is 30.3 Å². The van der Waals surface area contributed by atoms with E-state index in [0.29, 0.717) is 12.0 Å². The van der Waals surface area contributed by atoms with Gasteiger partial charge in [0, 0.05) is 32.4 Å². The van der Waals surface area contributed by atoms with E-state index in [0.717, 1.165) is 19.0 Å². The van der Waals surface area contributed by atoms with Crippen molar-refractivity contribution < 1.29 is 0 Å². The number of imidazole rings is 1. The van der Waals surface area contributed by atoms with E-state index in [2.05, 4.69) is 50.5 Å². The molecule has 4 heteroatoms. The Bertz CT molecular complexity index is 551. The Morgan fingerprint density at radius 2 is 2.10 bits per heavy atom. The van der Waals surface area contributed by atoms with Gasteiger partial charge in [0.05, 0.1) is 18.1 Å². The second kappa shape index (κ2) is 5.04. The summed E-state index contributed by atoms with van der Waals surface area (Å²) >= 11 is 0. The maximum Gasteiger partial charge on any atom is 0.0922 e. The number of H-pyrrole nitrogens is 1. The summed E-state index contributed by atoms with van der Waals surface area (Å²) in [5.41, 5.74) is 2.65. The lowest BCUT2D eigenvalue weighted by molar-refractivity contribution is 0.293. The van der Waals surface area contributed by atoms with E-state index in [-0.39, 0.29) is 0 Å². The van der Waals surface area contributed by atoms with E-state index in [4.69, 9.17) is 0 Å². The van der Waals surface area contributed by atoms with Gasteiger partial charge in [-0.3, -0.25) is 4.90 Å². The highest BCUT2D eigenvalue weighted by atomic mass is 15.2. The predicted molar refractivity (Wildman–Crippen MR) is 78.0 cm³/mol. The van der Waals surface area contributed by atoms with Gasteiger partial charge in [0.25, 0.3) is 0 Å². The monoisotopic (exact) mass is 268 g/mol. The third-order valence-corrected chi connectivity index (χ3v) is 4.70. The molecule has 0 spiro atoms. The highest BCUT2D eigenvalue weighted by Gasteiger charge is 2.43. The number of likely N-dealkylation sites (tertiary alicyclic amines) is 1. The van der Waals surface area contributed by atoms with Gasteiger partial charge < -0.3 is 10.3 Å². The van der Waals surface area contributed by atoms with Crippen molar-refractivity contribution >= 4 is 0 Å². The molecule has 2 fully saturated rings. The number of nitrogens with zero attached hydrogens (tertiary/aromatic N) is 2. The number of aromatic nitrogens is 2. The van der Waals surface area contributed by atoms with Crippen molar-refractivity contribution in [2.24, 2.45) is 11.8 Å². The van der Waals surface area contributed by atoms with Crippen LogP contribution in [-0.2, 0) is 6.54 Å². The molecule has 1 aromatic heterocycles. The molecule has 2 N–H and O–H groups in total. The molecule has 0 radical (unpaired) electrons. The molecular formula is C16H20N4. The Morgan fingerprint density at radius 1 is 1.20 bits per heavy atom. The Hall–Kier alpha value is -1.65. The predicted octanol–water partition coefficient (Wildman–Crippen LogP) is 1.80.